The first-order valence-electron chi connectivity index (χ1n) is 10.3. The molecule has 0 saturated heterocycles. The molecule has 0 heterocycles. The van der Waals surface area contributed by atoms with Gasteiger partial charge in [0.2, 0.25) is 0 Å². The van der Waals surface area contributed by atoms with E-state index in [9.17, 15) is 8.78 Å². The van der Waals surface area contributed by atoms with E-state index in [-0.39, 0.29) is 11.3 Å². The minimum absolute atomic E-state index is 0.0844. The number of aryl methyl sites for hydroxylation is 2. The Morgan fingerprint density at radius 1 is 0.828 bits per heavy atom. The zero-order valence-corrected chi connectivity index (χ0v) is 17.0. The van der Waals surface area contributed by atoms with Crippen LogP contribution in [0, 0.1) is 5.82 Å². The van der Waals surface area contributed by atoms with E-state index in [1.165, 1.54) is 6.07 Å². The van der Waals surface area contributed by atoms with Crippen LogP contribution in [0.2, 0.25) is 0 Å². The Kier molecular flexibility index (Phi) is 7.18. The highest BCUT2D eigenvalue weighted by molar-refractivity contribution is 5.92. The third-order valence-electron chi connectivity index (χ3n) is 5.17. The summed E-state index contributed by atoms with van der Waals surface area (Å²) in [4.78, 5) is 0. The summed E-state index contributed by atoms with van der Waals surface area (Å²) in [5.41, 5.74) is 2.83. The van der Waals surface area contributed by atoms with Crippen LogP contribution in [0.3, 0.4) is 0 Å². The van der Waals surface area contributed by atoms with Gasteiger partial charge >= 0.3 is 6.61 Å². The number of benzene rings is 3. The van der Waals surface area contributed by atoms with Gasteiger partial charge in [-0.15, -0.1) is 0 Å². The number of alkyl halides is 2. The van der Waals surface area contributed by atoms with E-state index < -0.39 is 12.4 Å². The Morgan fingerprint density at radius 2 is 1.55 bits per heavy atom. The van der Waals surface area contributed by atoms with E-state index in [0.717, 1.165) is 49.7 Å². The molecule has 0 aromatic heterocycles. The van der Waals surface area contributed by atoms with Crippen molar-refractivity contribution in [3.63, 3.8) is 0 Å². The molecule has 0 atom stereocenters. The zero-order chi connectivity index (χ0) is 20.8. The van der Waals surface area contributed by atoms with Crippen molar-refractivity contribution in [3.8, 4) is 16.9 Å². The Hall–Kier alpha value is -2.49. The highest BCUT2D eigenvalue weighted by Gasteiger charge is 2.19. The normalized spacial score (nSPS) is 11.4. The summed E-state index contributed by atoms with van der Waals surface area (Å²) in [7, 11) is 0. The first-order valence-corrected chi connectivity index (χ1v) is 10.3. The van der Waals surface area contributed by atoms with Gasteiger partial charge in [-0.3, -0.25) is 0 Å². The Morgan fingerprint density at radius 3 is 2.21 bits per heavy atom. The second kappa shape index (κ2) is 9.82. The molecule has 0 radical (unpaired) electrons. The molecule has 0 bridgehead atoms. The molecule has 1 nitrogen and oxygen atoms in total. The summed E-state index contributed by atoms with van der Waals surface area (Å²) in [5, 5.41) is 0.984. The van der Waals surface area contributed by atoms with Crippen LogP contribution in [0.5, 0.6) is 5.75 Å². The van der Waals surface area contributed by atoms with Crippen molar-refractivity contribution in [3.05, 3.63) is 65.5 Å². The molecule has 4 heteroatoms. The van der Waals surface area contributed by atoms with Crippen molar-refractivity contribution in [2.45, 2.75) is 59.0 Å². The first-order chi connectivity index (χ1) is 14.0. The van der Waals surface area contributed by atoms with Crippen LogP contribution in [0.25, 0.3) is 21.9 Å². The van der Waals surface area contributed by atoms with Crippen molar-refractivity contribution in [2.75, 3.05) is 0 Å². The topological polar surface area (TPSA) is 9.23 Å². The number of unbranched alkanes of at least 4 members (excludes halogenated alkanes) is 2. The monoisotopic (exact) mass is 400 g/mol. The molecule has 0 spiro atoms. The standard InChI is InChI=1S/C25H27F3O/c1-3-5-6-8-17-9-12-19(13-10-17)23-22(29-25(27)28)16-20-15-18(7-4-2)11-14-21(20)24(23)26/h9-16,25H,3-8H2,1-2H3. The van der Waals surface area contributed by atoms with E-state index in [1.807, 2.05) is 24.3 Å². The molecule has 0 amide bonds. The molecular weight excluding hydrogens is 373 g/mol. The van der Waals surface area contributed by atoms with E-state index in [4.69, 9.17) is 4.74 Å². The molecule has 0 N–H and O–H groups in total. The van der Waals surface area contributed by atoms with Gasteiger partial charge in [-0.2, -0.15) is 8.78 Å². The lowest BCUT2D eigenvalue weighted by molar-refractivity contribution is -0.0494. The van der Waals surface area contributed by atoms with Crippen molar-refractivity contribution < 1.29 is 17.9 Å². The Balaban J connectivity index is 2.05. The number of hydrogen-bond donors (Lipinski definition) is 0. The lowest BCUT2D eigenvalue weighted by Crippen LogP contribution is -2.05. The van der Waals surface area contributed by atoms with Gasteiger partial charge in [0.15, 0.2) is 0 Å². The molecule has 3 aromatic rings. The summed E-state index contributed by atoms with van der Waals surface area (Å²) in [6.45, 7) is 1.20. The molecule has 0 saturated carbocycles. The summed E-state index contributed by atoms with van der Waals surface area (Å²) in [6.07, 6.45) is 6.16. The average molecular weight is 400 g/mol. The molecular formula is C25H27F3O. The molecule has 0 aliphatic heterocycles. The van der Waals surface area contributed by atoms with Gasteiger partial charge in [-0.25, -0.2) is 4.39 Å². The number of fused-ring (bicyclic) bond motifs is 1. The largest absolute Gasteiger partial charge is 0.434 e. The van der Waals surface area contributed by atoms with Gasteiger partial charge in [-0.1, -0.05) is 75.6 Å². The van der Waals surface area contributed by atoms with Crippen molar-refractivity contribution in [1.82, 2.24) is 0 Å². The molecule has 0 unspecified atom stereocenters. The second-order valence-electron chi connectivity index (χ2n) is 7.40. The summed E-state index contributed by atoms with van der Waals surface area (Å²) >= 11 is 0. The van der Waals surface area contributed by atoms with Gasteiger partial charge in [0, 0.05) is 5.39 Å². The maximum absolute atomic E-state index is 15.4. The predicted octanol–water partition coefficient (Wildman–Crippen LogP) is 7.93. The highest BCUT2D eigenvalue weighted by Crippen LogP contribution is 2.39. The van der Waals surface area contributed by atoms with Crippen LogP contribution in [-0.4, -0.2) is 6.61 Å². The van der Waals surface area contributed by atoms with Crippen LogP contribution in [0.1, 0.15) is 50.7 Å². The predicted molar refractivity (Wildman–Crippen MR) is 113 cm³/mol. The third kappa shape index (κ3) is 5.11. The maximum Gasteiger partial charge on any atom is 0.387 e. The number of halogens is 3. The number of hydrogen-bond acceptors (Lipinski definition) is 1. The fourth-order valence-electron chi connectivity index (χ4n) is 3.71. The van der Waals surface area contributed by atoms with Crippen LogP contribution >= 0.6 is 0 Å². The van der Waals surface area contributed by atoms with Crippen LogP contribution in [-0.2, 0) is 12.8 Å². The van der Waals surface area contributed by atoms with E-state index in [2.05, 4.69) is 13.8 Å². The van der Waals surface area contributed by atoms with Gasteiger partial charge in [0.25, 0.3) is 0 Å². The van der Waals surface area contributed by atoms with Crippen LogP contribution < -0.4 is 4.74 Å². The number of ether oxygens (including phenoxy) is 1. The molecule has 0 fully saturated rings. The van der Waals surface area contributed by atoms with Crippen molar-refractivity contribution >= 4 is 10.8 Å². The molecule has 3 aromatic carbocycles. The van der Waals surface area contributed by atoms with Crippen molar-refractivity contribution in [1.29, 1.82) is 0 Å². The van der Waals surface area contributed by atoms with Gasteiger partial charge in [0.05, 0.1) is 5.56 Å². The lowest BCUT2D eigenvalue weighted by Gasteiger charge is -2.15. The fraction of sp³-hybridized carbons (Fsp3) is 0.360. The quantitative estimate of drug-likeness (QED) is 0.331. The summed E-state index contributed by atoms with van der Waals surface area (Å²) in [6, 6.07) is 14.4. The third-order valence-corrected chi connectivity index (χ3v) is 5.17. The summed E-state index contributed by atoms with van der Waals surface area (Å²) in [5.74, 6) is -0.655. The van der Waals surface area contributed by atoms with Gasteiger partial charge in [-0.05, 0) is 47.4 Å². The van der Waals surface area contributed by atoms with Gasteiger partial charge < -0.3 is 4.74 Å². The average Bonchev–Trinajstić information content (AvgIpc) is 2.69. The Labute approximate surface area is 170 Å². The first kappa shape index (κ1) is 21.2. The van der Waals surface area contributed by atoms with E-state index in [1.54, 1.807) is 18.2 Å². The Bertz CT molecular complexity index is 948. The molecule has 0 aliphatic rings. The molecule has 29 heavy (non-hydrogen) atoms. The van der Waals surface area contributed by atoms with Gasteiger partial charge in [0.1, 0.15) is 11.6 Å². The molecule has 0 aliphatic carbocycles. The SMILES string of the molecule is CCCCCc1ccc(-c2c(OC(F)F)cc3cc(CCC)ccc3c2F)cc1. The lowest BCUT2D eigenvalue weighted by atomic mass is 9.96. The zero-order valence-electron chi connectivity index (χ0n) is 17.0. The molecule has 3 rings (SSSR count). The minimum Gasteiger partial charge on any atom is -0.434 e. The van der Waals surface area contributed by atoms with Crippen LogP contribution in [0.15, 0.2) is 48.5 Å². The smallest absolute Gasteiger partial charge is 0.387 e. The number of rotatable bonds is 9. The summed E-state index contributed by atoms with van der Waals surface area (Å²) < 4.78 is 46.2. The highest BCUT2D eigenvalue weighted by atomic mass is 19.3. The maximum atomic E-state index is 15.4. The fourth-order valence-corrected chi connectivity index (χ4v) is 3.71. The van der Waals surface area contributed by atoms with Crippen molar-refractivity contribution in [2.24, 2.45) is 0 Å². The minimum atomic E-state index is -3.02. The second-order valence-corrected chi connectivity index (χ2v) is 7.40. The van der Waals surface area contributed by atoms with E-state index in [0.29, 0.717) is 16.3 Å². The van der Waals surface area contributed by atoms with E-state index >= 15 is 4.39 Å². The molecule has 154 valence electrons. The van der Waals surface area contributed by atoms with Crippen LogP contribution in [0.4, 0.5) is 13.2 Å².